The van der Waals surface area contributed by atoms with Crippen molar-refractivity contribution >= 4 is 45.6 Å². The smallest absolute Gasteiger partial charge is 0.227 e. The Hall–Kier alpha value is -1.11. The average Bonchev–Trinajstić information content (AvgIpc) is 2.89. The Morgan fingerprint density at radius 1 is 1.52 bits per heavy atom. The second kappa shape index (κ2) is 7.77. The van der Waals surface area contributed by atoms with Gasteiger partial charge in [0.1, 0.15) is 10.0 Å². The van der Waals surface area contributed by atoms with Crippen molar-refractivity contribution in [3.05, 3.63) is 29.7 Å². The molecule has 0 bridgehead atoms. The van der Waals surface area contributed by atoms with Gasteiger partial charge in [0.2, 0.25) is 5.91 Å². The van der Waals surface area contributed by atoms with Crippen LogP contribution in [0.15, 0.2) is 24.5 Å². The lowest BCUT2D eigenvalue weighted by Crippen LogP contribution is -2.25. The highest BCUT2D eigenvalue weighted by molar-refractivity contribution is 7.98. The number of aromatic nitrogens is 2. The molecule has 0 saturated heterocycles. The van der Waals surface area contributed by atoms with E-state index in [1.165, 1.54) is 11.3 Å². The second-order valence-electron chi connectivity index (χ2n) is 4.41. The van der Waals surface area contributed by atoms with Crippen LogP contribution < -0.4 is 4.90 Å². The number of thiazole rings is 1. The molecule has 0 aliphatic carbocycles. The van der Waals surface area contributed by atoms with Crippen LogP contribution in [0.4, 0.5) is 5.00 Å². The number of rotatable bonds is 6. The number of carbonyl (C=O) groups is 1. The van der Waals surface area contributed by atoms with Gasteiger partial charge in [0.05, 0.1) is 0 Å². The van der Waals surface area contributed by atoms with E-state index >= 15 is 0 Å². The highest BCUT2D eigenvalue weighted by Gasteiger charge is 2.19. The van der Waals surface area contributed by atoms with Crippen molar-refractivity contribution in [1.29, 1.82) is 0 Å². The number of carbonyl (C=O) groups excluding carboxylic acids is 1. The van der Waals surface area contributed by atoms with Crippen LogP contribution in [0.1, 0.15) is 12.8 Å². The SMILES string of the molecule is CSCCCC(=O)N(C)c1sc(-c2cccnc2)nc1Cl. The van der Waals surface area contributed by atoms with Crippen molar-refractivity contribution in [2.45, 2.75) is 12.8 Å². The van der Waals surface area contributed by atoms with Gasteiger partial charge < -0.3 is 4.90 Å². The van der Waals surface area contributed by atoms with E-state index in [0.29, 0.717) is 16.6 Å². The van der Waals surface area contributed by atoms with E-state index < -0.39 is 0 Å². The first kappa shape index (κ1) is 16.3. The largest absolute Gasteiger partial charge is 0.304 e. The van der Waals surface area contributed by atoms with Crippen LogP contribution in [0.5, 0.6) is 0 Å². The van der Waals surface area contributed by atoms with Gasteiger partial charge in [0.15, 0.2) is 5.15 Å². The van der Waals surface area contributed by atoms with Gasteiger partial charge in [-0.25, -0.2) is 4.98 Å². The first-order valence-corrected chi connectivity index (χ1v) is 9.04. The van der Waals surface area contributed by atoms with E-state index in [1.807, 2.05) is 18.4 Å². The Kier molecular flexibility index (Phi) is 6.02. The summed E-state index contributed by atoms with van der Waals surface area (Å²) >= 11 is 9.32. The Balaban J connectivity index is 2.13. The van der Waals surface area contributed by atoms with Crippen molar-refractivity contribution < 1.29 is 4.79 Å². The van der Waals surface area contributed by atoms with Crippen molar-refractivity contribution in [2.75, 3.05) is 24.0 Å². The molecule has 0 unspecified atom stereocenters. The number of halogens is 1. The van der Waals surface area contributed by atoms with Crippen LogP contribution >= 0.6 is 34.7 Å². The zero-order chi connectivity index (χ0) is 15.2. The molecule has 0 spiro atoms. The average molecular weight is 342 g/mol. The van der Waals surface area contributed by atoms with Gasteiger partial charge in [-0.05, 0) is 30.6 Å². The quantitative estimate of drug-likeness (QED) is 0.746. The van der Waals surface area contributed by atoms with Gasteiger partial charge in [0.25, 0.3) is 0 Å². The van der Waals surface area contributed by atoms with Crippen molar-refractivity contribution in [2.24, 2.45) is 0 Å². The Labute approximate surface area is 137 Å². The minimum absolute atomic E-state index is 0.0623. The summed E-state index contributed by atoms with van der Waals surface area (Å²) in [6, 6.07) is 3.77. The topological polar surface area (TPSA) is 46.1 Å². The fraction of sp³-hybridized carbons (Fsp3) is 0.357. The molecule has 4 nitrogen and oxygen atoms in total. The van der Waals surface area contributed by atoms with Crippen LogP contribution in [-0.4, -0.2) is 34.9 Å². The molecule has 0 atom stereocenters. The molecular weight excluding hydrogens is 326 g/mol. The van der Waals surface area contributed by atoms with Crippen molar-refractivity contribution in [3.63, 3.8) is 0 Å². The van der Waals surface area contributed by atoms with Crippen LogP contribution in [0, 0.1) is 0 Å². The molecule has 2 rings (SSSR count). The summed E-state index contributed by atoms with van der Waals surface area (Å²) in [5, 5.41) is 1.82. The molecule has 2 aromatic rings. The number of hydrogen-bond acceptors (Lipinski definition) is 5. The predicted molar refractivity (Wildman–Crippen MR) is 91.4 cm³/mol. The molecule has 21 heavy (non-hydrogen) atoms. The highest BCUT2D eigenvalue weighted by Crippen LogP contribution is 2.37. The Morgan fingerprint density at radius 2 is 2.33 bits per heavy atom. The minimum atomic E-state index is 0.0623. The van der Waals surface area contributed by atoms with Gasteiger partial charge in [0, 0.05) is 31.4 Å². The van der Waals surface area contributed by atoms with E-state index in [0.717, 1.165) is 22.7 Å². The van der Waals surface area contributed by atoms with Gasteiger partial charge in [-0.3, -0.25) is 9.78 Å². The molecule has 0 N–H and O–H groups in total. The van der Waals surface area contributed by atoms with E-state index in [-0.39, 0.29) is 5.91 Å². The summed E-state index contributed by atoms with van der Waals surface area (Å²) in [5.74, 6) is 1.05. The zero-order valence-electron chi connectivity index (χ0n) is 11.9. The summed E-state index contributed by atoms with van der Waals surface area (Å²) in [5.41, 5.74) is 0.902. The Morgan fingerprint density at radius 3 is 3.00 bits per heavy atom. The van der Waals surface area contributed by atoms with E-state index in [4.69, 9.17) is 11.6 Å². The maximum absolute atomic E-state index is 12.1. The lowest BCUT2D eigenvalue weighted by atomic mass is 10.3. The molecule has 2 aromatic heterocycles. The summed E-state index contributed by atoms with van der Waals surface area (Å²) in [4.78, 5) is 22.1. The third kappa shape index (κ3) is 4.18. The van der Waals surface area contributed by atoms with Crippen LogP contribution in [-0.2, 0) is 4.79 Å². The van der Waals surface area contributed by atoms with Crippen LogP contribution in [0.2, 0.25) is 5.15 Å². The first-order chi connectivity index (χ1) is 10.1. The second-order valence-corrected chi connectivity index (χ2v) is 6.73. The van der Waals surface area contributed by atoms with E-state index in [2.05, 4.69) is 9.97 Å². The fourth-order valence-corrected chi connectivity index (χ4v) is 3.50. The molecule has 0 saturated carbocycles. The minimum Gasteiger partial charge on any atom is -0.304 e. The normalized spacial score (nSPS) is 10.6. The summed E-state index contributed by atoms with van der Waals surface area (Å²) in [7, 11) is 1.74. The molecule has 0 aliphatic heterocycles. The number of hydrogen-bond donors (Lipinski definition) is 0. The molecule has 112 valence electrons. The predicted octanol–water partition coefficient (Wildman–Crippen LogP) is 3.96. The third-order valence-electron chi connectivity index (χ3n) is 2.90. The van der Waals surface area contributed by atoms with Crippen LogP contribution in [0.3, 0.4) is 0 Å². The van der Waals surface area contributed by atoms with E-state index in [1.54, 1.807) is 36.1 Å². The van der Waals surface area contributed by atoms with E-state index in [9.17, 15) is 4.79 Å². The summed E-state index contributed by atoms with van der Waals surface area (Å²) < 4.78 is 0. The highest BCUT2D eigenvalue weighted by atomic mass is 35.5. The molecule has 0 fully saturated rings. The van der Waals surface area contributed by atoms with Crippen LogP contribution in [0.25, 0.3) is 10.6 Å². The van der Waals surface area contributed by atoms with Crippen molar-refractivity contribution in [1.82, 2.24) is 9.97 Å². The lowest BCUT2D eigenvalue weighted by molar-refractivity contribution is -0.118. The molecule has 2 heterocycles. The number of nitrogens with zero attached hydrogens (tertiary/aromatic N) is 3. The van der Waals surface area contributed by atoms with Gasteiger partial charge >= 0.3 is 0 Å². The van der Waals surface area contributed by atoms with Gasteiger partial charge in [-0.15, -0.1) is 0 Å². The summed E-state index contributed by atoms with van der Waals surface area (Å²) in [6.07, 6.45) is 6.87. The summed E-state index contributed by atoms with van der Waals surface area (Å²) in [6.45, 7) is 0. The molecule has 0 aliphatic rings. The number of thioether (sulfide) groups is 1. The lowest BCUT2D eigenvalue weighted by Gasteiger charge is -2.14. The molecule has 7 heteroatoms. The number of anilines is 1. The van der Waals surface area contributed by atoms with Gasteiger partial charge in [-0.1, -0.05) is 22.9 Å². The first-order valence-electron chi connectivity index (χ1n) is 6.45. The van der Waals surface area contributed by atoms with Crippen molar-refractivity contribution in [3.8, 4) is 10.6 Å². The monoisotopic (exact) mass is 341 g/mol. The maximum atomic E-state index is 12.1. The maximum Gasteiger partial charge on any atom is 0.227 e. The van der Waals surface area contributed by atoms with Gasteiger partial charge in [-0.2, -0.15) is 11.8 Å². The zero-order valence-corrected chi connectivity index (χ0v) is 14.3. The molecule has 0 aromatic carbocycles. The fourth-order valence-electron chi connectivity index (χ4n) is 1.76. The number of pyridine rings is 1. The standard InChI is InChI=1S/C14H16ClN3OS2/c1-18(11(19)6-4-8-20-2)14-12(15)17-13(21-14)10-5-3-7-16-9-10/h3,5,7,9H,4,6,8H2,1-2H3. The molecule has 1 amide bonds. The third-order valence-corrected chi connectivity index (χ3v) is 5.15. The number of amides is 1. The molecular formula is C14H16ClN3OS2. The molecule has 0 radical (unpaired) electrons. The Bertz CT molecular complexity index is 604.